The van der Waals surface area contributed by atoms with E-state index in [2.05, 4.69) is 24.1 Å². The number of aromatic nitrogens is 4. The molecule has 1 saturated heterocycles. The maximum atomic E-state index is 13.3. The summed E-state index contributed by atoms with van der Waals surface area (Å²) in [5.74, 6) is 2.19. The first-order valence-electron chi connectivity index (χ1n) is 14.8. The van der Waals surface area contributed by atoms with Crippen molar-refractivity contribution in [1.29, 1.82) is 0 Å². The van der Waals surface area contributed by atoms with Gasteiger partial charge in [-0.1, -0.05) is 39.5 Å². The number of aromatic amines is 1. The average Bonchev–Trinajstić information content (AvgIpc) is 3.30. The zero-order valence-corrected chi connectivity index (χ0v) is 24.3. The van der Waals surface area contributed by atoms with Gasteiger partial charge in [0, 0.05) is 31.3 Å². The molecule has 3 aromatic rings. The number of unbranched alkanes of at least 4 members (excludes halogenated alkanes) is 3. The van der Waals surface area contributed by atoms with E-state index in [1.807, 2.05) is 13.8 Å². The number of hydrogen-bond donors (Lipinski definition) is 3. The number of nitrogens with zero attached hydrogens (tertiary/aromatic N) is 4. The van der Waals surface area contributed by atoms with Crippen molar-refractivity contribution in [1.82, 2.24) is 24.5 Å². The van der Waals surface area contributed by atoms with Crippen LogP contribution in [0.4, 0.5) is 10.5 Å². The van der Waals surface area contributed by atoms with E-state index in [1.165, 1.54) is 19.3 Å². The number of anilines is 1. The number of fused-ring (bicyclic) bond motifs is 1. The number of urea groups is 1. The summed E-state index contributed by atoms with van der Waals surface area (Å²) in [6.45, 7) is 9.91. The largest absolute Gasteiger partial charge is 0.493 e. The van der Waals surface area contributed by atoms with Crippen molar-refractivity contribution in [3.05, 3.63) is 40.1 Å². The molecule has 1 aliphatic heterocycles. The van der Waals surface area contributed by atoms with Crippen LogP contribution in [0.5, 0.6) is 5.75 Å². The van der Waals surface area contributed by atoms with E-state index in [-0.39, 0.29) is 30.0 Å². The number of imidazole rings is 1. The third-order valence-electron chi connectivity index (χ3n) is 7.91. The minimum atomic E-state index is -0.259. The lowest BCUT2D eigenvalue weighted by Crippen LogP contribution is -2.41. The van der Waals surface area contributed by atoms with Gasteiger partial charge in [0.15, 0.2) is 11.3 Å². The first kappa shape index (κ1) is 29.6. The zero-order chi connectivity index (χ0) is 28.6. The summed E-state index contributed by atoms with van der Waals surface area (Å²) in [7, 11) is 0. The van der Waals surface area contributed by atoms with Gasteiger partial charge < -0.3 is 25.0 Å². The molecule has 40 heavy (non-hydrogen) atoms. The van der Waals surface area contributed by atoms with Gasteiger partial charge >= 0.3 is 6.03 Å². The topological polar surface area (TPSA) is 125 Å². The van der Waals surface area contributed by atoms with Crippen molar-refractivity contribution in [2.45, 2.75) is 85.0 Å². The lowest BCUT2D eigenvalue weighted by atomic mass is 9.97. The maximum Gasteiger partial charge on any atom is 0.321 e. The first-order valence-corrected chi connectivity index (χ1v) is 14.8. The Morgan fingerprint density at radius 3 is 2.65 bits per heavy atom. The molecule has 1 unspecified atom stereocenters. The molecule has 0 spiro atoms. The fourth-order valence-corrected chi connectivity index (χ4v) is 5.51. The molecule has 1 aromatic carbocycles. The van der Waals surface area contributed by atoms with Crippen LogP contribution in [-0.4, -0.2) is 61.9 Å². The Bertz CT molecular complexity index is 1340. The molecule has 2 aromatic heterocycles. The number of ether oxygens (including phenoxy) is 1. The normalized spacial score (nSPS) is 15.0. The van der Waals surface area contributed by atoms with E-state index >= 15 is 0 Å². The van der Waals surface area contributed by atoms with Crippen LogP contribution in [0.1, 0.15) is 89.6 Å². The summed E-state index contributed by atoms with van der Waals surface area (Å²) in [6.07, 6.45) is 8.19. The minimum Gasteiger partial charge on any atom is -0.493 e. The number of amides is 2. The maximum absolute atomic E-state index is 13.3. The van der Waals surface area contributed by atoms with Gasteiger partial charge in [-0.25, -0.2) is 14.3 Å². The second-order valence-corrected chi connectivity index (χ2v) is 10.8. The molecule has 0 aliphatic carbocycles. The number of hydrogen-bond acceptors (Lipinski definition) is 6. The van der Waals surface area contributed by atoms with Crippen LogP contribution in [0.15, 0.2) is 23.0 Å². The van der Waals surface area contributed by atoms with Crippen LogP contribution in [0.2, 0.25) is 0 Å². The molecule has 1 fully saturated rings. The van der Waals surface area contributed by atoms with E-state index in [1.54, 1.807) is 27.6 Å². The highest BCUT2D eigenvalue weighted by atomic mass is 16.5. The van der Waals surface area contributed by atoms with Crippen LogP contribution in [-0.2, 0) is 0 Å². The van der Waals surface area contributed by atoms with Crippen LogP contribution in [0.25, 0.3) is 16.9 Å². The summed E-state index contributed by atoms with van der Waals surface area (Å²) in [4.78, 5) is 35.8. The molecule has 4 rings (SSSR count). The Morgan fingerprint density at radius 1 is 1.20 bits per heavy atom. The summed E-state index contributed by atoms with van der Waals surface area (Å²) in [5, 5.41) is 17.3. The number of carbonyl (C=O) groups is 1. The third-order valence-corrected chi connectivity index (χ3v) is 7.91. The Hall–Kier alpha value is -3.40. The number of benzene rings is 1. The van der Waals surface area contributed by atoms with Crippen molar-refractivity contribution >= 4 is 17.2 Å². The Labute approximate surface area is 236 Å². The number of nitrogens with one attached hydrogen (secondary N) is 2. The van der Waals surface area contributed by atoms with Gasteiger partial charge in [0.1, 0.15) is 11.6 Å². The number of aliphatic hydroxyl groups is 1. The fraction of sp³-hybridized carbons (Fsp3) is 0.600. The Balaban J connectivity index is 1.67. The zero-order valence-electron chi connectivity index (χ0n) is 24.3. The van der Waals surface area contributed by atoms with E-state index < -0.39 is 0 Å². The predicted octanol–water partition coefficient (Wildman–Crippen LogP) is 5.49. The van der Waals surface area contributed by atoms with Gasteiger partial charge in [0.25, 0.3) is 5.56 Å². The molecular formula is C30H44N6O4. The highest BCUT2D eigenvalue weighted by Gasteiger charge is 2.24. The second kappa shape index (κ2) is 13.8. The van der Waals surface area contributed by atoms with Crippen molar-refractivity contribution in [2.75, 3.05) is 31.6 Å². The highest BCUT2D eigenvalue weighted by Crippen LogP contribution is 2.32. The van der Waals surface area contributed by atoms with Gasteiger partial charge in [-0.05, 0) is 63.6 Å². The highest BCUT2D eigenvalue weighted by molar-refractivity contribution is 5.90. The van der Waals surface area contributed by atoms with E-state index in [0.29, 0.717) is 53.7 Å². The molecule has 10 heteroatoms. The molecule has 1 atom stereocenters. The Morgan fingerprint density at radius 2 is 1.98 bits per heavy atom. The molecule has 10 nitrogen and oxygen atoms in total. The van der Waals surface area contributed by atoms with Crippen LogP contribution < -0.4 is 15.6 Å². The second-order valence-electron chi connectivity index (χ2n) is 10.8. The number of carbonyl (C=O) groups excluding carboxylic acids is 1. The van der Waals surface area contributed by atoms with Gasteiger partial charge in [-0.15, -0.1) is 5.10 Å². The first-order chi connectivity index (χ1) is 19.4. The number of H-pyrrole nitrogens is 1. The van der Waals surface area contributed by atoms with E-state index in [0.717, 1.165) is 37.9 Å². The average molecular weight is 553 g/mol. The molecule has 0 radical (unpaired) electrons. The molecule has 2 amide bonds. The summed E-state index contributed by atoms with van der Waals surface area (Å²) < 4.78 is 7.60. The standard InChI is InChI=1S/C30H44N6O4/c1-5-8-9-10-11-22(6-2)28-31-20(4)26-29(38)33-27(34-36(26)28)24-18-23(12-13-25(24)40-7-3)32-30(39)35-16-14-21(19-37)15-17-35/h12-13,18,21-22,37H,5-11,14-17,19H2,1-4H3,(H,32,39)(H,33,34,38). The van der Waals surface area contributed by atoms with Gasteiger partial charge in [0.2, 0.25) is 0 Å². The number of aliphatic hydroxyl groups excluding tert-OH is 1. The molecule has 0 bridgehead atoms. The van der Waals surface area contributed by atoms with Crippen LogP contribution >= 0.6 is 0 Å². The van der Waals surface area contributed by atoms with Crippen molar-refractivity contribution in [3.63, 3.8) is 0 Å². The van der Waals surface area contributed by atoms with Crippen LogP contribution in [0.3, 0.4) is 0 Å². The molecule has 1 aliphatic rings. The van der Waals surface area contributed by atoms with Crippen molar-refractivity contribution < 1.29 is 14.6 Å². The molecule has 3 N–H and O–H groups in total. The van der Waals surface area contributed by atoms with Gasteiger partial charge in [-0.2, -0.15) is 0 Å². The predicted molar refractivity (Wildman–Crippen MR) is 157 cm³/mol. The quantitative estimate of drug-likeness (QED) is 0.255. The number of piperidine rings is 1. The molecular weight excluding hydrogens is 508 g/mol. The SMILES string of the molecule is CCCCCCC(CC)c1nc(C)c2c(=O)[nH]c(-c3cc(NC(=O)N4CCC(CO)CC4)ccc3OCC)nn12. The molecule has 0 saturated carbocycles. The number of aryl methyl sites for hydroxylation is 1. The smallest absolute Gasteiger partial charge is 0.321 e. The van der Waals surface area contributed by atoms with E-state index in [4.69, 9.17) is 14.8 Å². The molecule has 218 valence electrons. The minimum absolute atomic E-state index is 0.156. The summed E-state index contributed by atoms with van der Waals surface area (Å²) in [5.41, 5.74) is 2.04. The summed E-state index contributed by atoms with van der Waals surface area (Å²) >= 11 is 0. The van der Waals surface area contributed by atoms with Crippen LogP contribution in [0, 0.1) is 12.8 Å². The Kier molecular flexibility index (Phi) is 10.2. The monoisotopic (exact) mass is 552 g/mol. The number of rotatable bonds is 12. The van der Waals surface area contributed by atoms with E-state index in [9.17, 15) is 14.7 Å². The van der Waals surface area contributed by atoms with Crippen molar-refractivity contribution in [2.24, 2.45) is 5.92 Å². The van der Waals surface area contributed by atoms with Gasteiger partial charge in [0.05, 0.1) is 17.9 Å². The summed E-state index contributed by atoms with van der Waals surface area (Å²) in [6, 6.07) is 5.18. The molecule has 3 heterocycles. The third kappa shape index (κ3) is 6.66. The fourth-order valence-electron chi connectivity index (χ4n) is 5.51. The lowest BCUT2D eigenvalue weighted by molar-refractivity contribution is 0.143. The number of likely N-dealkylation sites (tertiary alicyclic amines) is 1. The lowest BCUT2D eigenvalue weighted by Gasteiger charge is -2.31. The van der Waals surface area contributed by atoms with Crippen molar-refractivity contribution in [3.8, 4) is 17.1 Å². The van der Waals surface area contributed by atoms with Gasteiger partial charge in [-0.3, -0.25) is 4.79 Å².